The molecule has 0 spiro atoms. The molecule has 1 unspecified atom stereocenters. The van der Waals surface area contributed by atoms with Crippen LogP contribution >= 0.6 is 0 Å². The summed E-state index contributed by atoms with van der Waals surface area (Å²) >= 11 is 0. The van der Waals surface area contributed by atoms with E-state index in [9.17, 15) is 13.2 Å². The van der Waals surface area contributed by atoms with Gasteiger partial charge in [0.15, 0.2) is 0 Å². The van der Waals surface area contributed by atoms with Gasteiger partial charge in [-0.1, -0.05) is 0 Å². The van der Waals surface area contributed by atoms with Crippen molar-refractivity contribution < 1.29 is 17.9 Å². The molecule has 1 heterocycles. The minimum atomic E-state index is -3.38. The van der Waals surface area contributed by atoms with E-state index in [1.165, 1.54) is 7.11 Å². The number of hydrogen-bond donors (Lipinski definition) is 2. The van der Waals surface area contributed by atoms with Gasteiger partial charge in [0.2, 0.25) is 10.0 Å². The number of esters is 1. The van der Waals surface area contributed by atoms with Gasteiger partial charge in [-0.25, -0.2) is 13.1 Å². The third-order valence-corrected chi connectivity index (χ3v) is 4.16. The molecular weight excluding hydrogens is 244 g/mol. The number of ether oxygens (including phenoxy) is 1. The summed E-state index contributed by atoms with van der Waals surface area (Å²) in [5.41, 5.74) is 0. The molecule has 0 bridgehead atoms. The molecule has 1 atom stereocenters. The summed E-state index contributed by atoms with van der Waals surface area (Å²) < 4.78 is 30.4. The molecular formula is C10H20N2O4S. The monoisotopic (exact) mass is 264 g/mol. The van der Waals surface area contributed by atoms with Gasteiger partial charge >= 0.3 is 5.97 Å². The van der Waals surface area contributed by atoms with Crippen molar-refractivity contribution in [2.24, 2.45) is 0 Å². The van der Waals surface area contributed by atoms with Gasteiger partial charge in [0.05, 0.1) is 19.3 Å². The van der Waals surface area contributed by atoms with Crippen LogP contribution in [0.15, 0.2) is 0 Å². The first kappa shape index (κ1) is 14.4. The fourth-order valence-corrected chi connectivity index (χ4v) is 3.07. The van der Waals surface area contributed by atoms with Crippen LogP contribution in [-0.2, 0) is 19.6 Å². The predicted octanol–water partition coefficient (Wildman–Crippen LogP) is -0.389. The number of methoxy groups -OCH3 is 1. The van der Waals surface area contributed by atoms with Gasteiger partial charge in [-0.3, -0.25) is 4.79 Å². The standard InChI is InChI=1S/C10H20N2O4S/c1-16-10(13)5-8-17(14,15)12-9-3-2-6-11-7-4-9/h9,11-12H,2-8H2,1H3. The maximum Gasteiger partial charge on any atom is 0.306 e. The molecule has 100 valence electrons. The lowest BCUT2D eigenvalue weighted by Gasteiger charge is -2.15. The Labute approximate surface area is 102 Å². The van der Waals surface area contributed by atoms with Gasteiger partial charge in [-0.15, -0.1) is 0 Å². The van der Waals surface area contributed by atoms with E-state index < -0.39 is 16.0 Å². The zero-order valence-electron chi connectivity index (χ0n) is 10.1. The van der Waals surface area contributed by atoms with E-state index in [2.05, 4.69) is 14.8 Å². The summed E-state index contributed by atoms with van der Waals surface area (Å²) in [5.74, 6) is -0.707. The molecule has 7 heteroatoms. The molecule has 0 aromatic carbocycles. The molecule has 0 saturated carbocycles. The highest BCUT2D eigenvalue weighted by atomic mass is 32.2. The van der Waals surface area contributed by atoms with Crippen molar-refractivity contribution in [1.29, 1.82) is 0 Å². The summed E-state index contributed by atoms with van der Waals surface area (Å²) in [7, 11) is -2.13. The van der Waals surface area contributed by atoms with Crippen LogP contribution in [0, 0.1) is 0 Å². The zero-order chi connectivity index (χ0) is 12.7. The summed E-state index contributed by atoms with van der Waals surface area (Å²) in [5, 5.41) is 3.21. The molecule has 6 nitrogen and oxygen atoms in total. The lowest BCUT2D eigenvalue weighted by molar-refractivity contribution is -0.140. The Morgan fingerprint density at radius 3 is 2.88 bits per heavy atom. The summed E-state index contributed by atoms with van der Waals surface area (Å²) in [6.07, 6.45) is 2.49. The first-order chi connectivity index (χ1) is 8.03. The molecule has 1 aliphatic rings. The van der Waals surface area contributed by atoms with Crippen LogP contribution in [0.3, 0.4) is 0 Å². The van der Waals surface area contributed by atoms with Crippen LogP contribution < -0.4 is 10.0 Å². The first-order valence-corrected chi connectivity index (χ1v) is 7.46. The average Bonchev–Trinajstić information content (AvgIpc) is 2.54. The number of hydrogen-bond acceptors (Lipinski definition) is 5. The largest absolute Gasteiger partial charge is 0.469 e. The van der Waals surface area contributed by atoms with Crippen LogP contribution in [0.5, 0.6) is 0 Å². The normalized spacial score (nSPS) is 21.8. The number of sulfonamides is 1. The van der Waals surface area contributed by atoms with E-state index in [0.717, 1.165) is 32.4 Å². The van der Waals surface area contributed by atoms with Crippen LogP contribution in [0.4, 0.5) is 0 Å². The van der Waals surface area contributed by atoms with Crippen molar-refractivity contribution in [3.05, 3.63) is 0 Å². The maximum absolute atomic E-state index is 11.7. The van der Waals surface area contributed by atoms with Crippen molar-refractivity contribution in [1.82, 2.24) is 10.0 Å². The minimum Gasteiger partial charge on any atom is -0.469 e. The zero-order valence-corrected chi connectivity index (χ0v) is 10.9. The lowest BCUT2D eigenvalue weighted by Crippen LogP contribution is -2.37. The Balaban J connectivity index is 2.39. The molecule has 1 fully saturated rings. The highest BCUT2D eigenvalue weighted by molar-refractivity contribution is 7.89. The fraction of sp³-hybridized carbons (Fsp3) is 0.900. The Hall–Kier alpha value is -0.660. The van der Waals surface area contributed by atoms with E-state index in [0.29, 0.717) is 0 Å². The Morgan fingerprint density at radius 2 is 2.18 bits per heavy atom. The quantitative estimate of drug-likeness (QED) is 0.661. The highest BCUT2D eigenvalue weighted by Crippen LogP contribution is 2.07. The van der Waals surface area contributed by atoms with Gasteiger partial charge < -0.3 is 10.1 Å². The number of carbonyl (C=O) groups is 1. The van der Waals surface area contributed by atoms with E-state index in [1.54, 1.807) is 0 Å². The third kappa shape index (κ3) is 5.99. The smallest absolute Gasteiger partial charge is 0.306 e. The van der Waals surface area contributed by atoms with Gasteiger partial charge in [-0.05, 0) is 32.4 Å². The number of nitrogens with one attached hydrogen (secondary N) is 2. The van der Waals surface area contributed by atoms with Crippen molar-refractivity contribution in [3.8, 4) is 0 Å². The Bertz CT molecular complexity index is 334. The second-order valence-electron chi connectivity index (χ2n) is 4.14. The molecule has 1 rings (SSSR count). The van der Waals surface area contributed by atoms with Crippen LogP contribution in [-0.4, -0.2) is 46.4 Å². The summed E-state index contributed by atoms with van der Waals surface area (Å²) in [6.45, 7) is 1.75. The first-order valence-electron chi connectivity index (χ1n) is 5.81. The Kier molecular flexibility index (Phi) is 5.87. The SMILES string of the molecule is COC(=O)CCS(=O)(=O)NC1CCCNCC1. The van der Waals surface area contributed by atoms with Crippen LogP contribution in [0.1, 0.15) is 25.7 Å². The molecule has 0 radical (unpaired) electrons. The molecule has 17 heavy (non-hydrogen) atoms. The lowest BCUT2D eigenvalue weighted by atomic mass is 10.1. The number of carbonyl (C=O) groups excluding carboxylic acids is 1. The van der Waals surface area contributed by atoms with Gasteiger partial charge in [0.25, 0.3) is 0 Å². The molecule has 0 aromatic rings. The minimum absolute atomic E-state index is 0.0207. The molecule has 0 aromatic heterocycles. The second-order valence-corrected chi connectivity index (χ2v) is 6.01. The highest BCUT2D eigenvalue weighted by Gasteiger charge is 2.20. The summed E-state index contributed by atoms with van der Waals surface area (Å²) in [6, 6.07) is -0.0207. The fourth-order valence-electron chi connectivity index (χ4n) is 1.77. The molecule has 0 aliphatic carbocycles. The van der Waals surface area contributed by atoms with E-state index in [1.807, 2.05) is 0 Å². The number of rotatable bonds is 5. The second kappa shape index (κ2) is 6.93. The molecule has 0 amide bonds. The molecule has 2 N–H and O–H groups in total. The van der Waals surface area contributed by atoms with Crippen LogP contribution in [0.25, 0.3) is 0 Å². The van der Waals surface area contributed by atoms with Crippen LogP contribution in [0.2, 0.25) is 0 Å². The third-order valence-electron chi connectivity index (χ3n) is 2.72. The predicted molar refractivity (Wildman–Crippen MR) is 64.1 cm³/mol. The van der Waals surface area contributed by atoms with Gasteiger partial charge in [0, 0.05) is 6.04 Å². The topological polar surface area (TPSA) is 84.5 Å². The van der Waals surface area contributed by atoms with Crippen molar-refractivity contribution in [3.63, 3.8) is 0 Å². The van der Waals surface area contributed by atoms with Gasteiger partial charge in [-0.2, -0.15) is 0 Å². The van der Waals surface area contributed by atoms with E-state index in [4.69, 9.17) is 0 Å². The average molecular weight is 264 g/mol. The Morgan fingerprint density at radius 1 is 1.41 bits per heavy atom. The molecule has 1 aliphatic heterocycles. The maximum atomic E-state index is 11.7. The van der Waals surface area contributed by atoms with Crippen molar-refractivity contribution >= 4 is 16.0 Å². The van der Waals surface area contributed by atoms with Crippen molar-refractivity contribution in [2.45, 2.75) is 31.7 Å². The molecule has 1 saturated heterocycles. The van der Waals surface area contributed by atoms with Crippen molar-refractivity contribution in [2.75, 3.05) is 26.0 Å². The van der Waals surface area contributed by atoms with E-state index >= 15 is 0 Å². The van der Waals surface area contributed by atoms with E-state index in [-0.39, 0.29) is 18.2 Å². The van der Waals surface area contributed by atoms with Gasteiger partial charge in [0.1, 0.15) is 0 Å². The summed E-state index contributed by atoms with van der Waals surface area (Å²) in [4.78, 5) is 10.9.